The molecular weight excluding hydrogens is 502 g/mol. The van der Waals surface area contributed by atoms with Crippen LogP contribution in [0.3, 0.4) is 0 Å². The molecular formula is C34H49NO5. The smallest absolute Gasteiger partial charge is 0.329 e. The van der Waals surface area contributed by atoms with E-state index in [9.17, 15) is 9.59 Å². The van der Waals surface area contributed by atoms with Crippen LogP contribution in [0.4, 0.5) is 0 Å². The molecule has 220 valence electrons. The summed E-state index contributed by atoms with van der Waals surface area (Å²) in [4.78, 5) is 28.2. The van der Waals surface area contributed by atoms with Gasteiger partial charge in [0, 0.05) is 19.9 Å². The van der Waals surface area contributed by atoms with Crippen LogP contribution in [0.2, 0.25) is 0 Å². The van der Waals surface area contributed by atoms with E-state index < -0.39 is 6.04 Å². The Kier molecular flexibility index (Phi) is 14.1. The van der Waals surface area contributed by atoms with Crippen LogP contribution in [0.25, 0.3) is 0 Å². The fourth-order valence-corrected chi connectivity index (χ4v) is 5.17. The van der Waals surface area contributed by atoms with Crippen molar-refractivity contribution in [3.63, 3.8) is 0 Å². The van der Waals surface area contributed by atoms with E-state index in [0.29, 0.717) is 38.6 Å². The van der Waals surface area contributed by atoms with Gasteiger partial charge in [0.25, 0.3) is 0 Å². The summed E-state index contributed by atoms with van der Waals surface area (Å²) >= 11 is 0. The van der Waals surface area contributed by atoms with Crippen molar-refractivity contribution in [3.8, 4) is 5.75 Å². The molecule has 0 radical (unpaired) electrons. The first kappa shape index (κ1) is 31.7. The maximum atomic E-state index is 13.5. The summed E-state index contributed by atoms with van der Waals surface area (Å²) in [5, 5.41) is 0. The maximum Gasteiger partial charge on any atom is 0.329 e. The molecule has 6 nitrogen and oxygen atoms in total. The Morgan fingerprint density at radius 1 is 0.900 bits per heavy atom. The molecule has 2 unspecified atom stereocenters. The number of nitrogens with zero attached hydrogens (tertiary/aromatic N) is 1. The summed E-state index contributed by atoms with van der Waals surface area (Å²) in [6, 6.07) is 17.2. The fraction of sp³-hybridized carbons (Fsp3) is 0.588. The van der Waals surface area contributed by atoms with Crippen LogP contribution in [0.1, 0.15) is 89.2 Å². The standard InChI is InChI=1S/C34H49NO5/c1-4-5-7-15-31-20-17-27(2)12-10-11-16-33(36)35(3)32(34(37)40-31)25-28-18-21-30(22-19-28)39-24-23-38-26-29-13-8-6-9-14-29/h6,8-9,13-14,18-19,21-22,27,31-32H,4-5,7,10-12,15-17,20,23-26H2,1-3H3/t27-,31?,32?/m1/s1. The van der Waals surface area contributed by atoms with Crippen LogP contribution in [-0.4, -0.2) is 49.2 Å². The molecule has 0 bridgehead atoms. The van der Waals surface area contributed by atoms with Crippen molar-refractivity contribution in [2.45, 2.75) is 103 Å². The predicted molar refractivity (Wildman–Crippen MR) is 159 cm³/mol. The van der Waals surface area contributed by atoms with Crippen LogP contribution >= 0.6 is 0 Å². The lowest BCUT2D eigenvalue weighted by molar-refractivity contribution is -0.159. The molecule has 1 fully saturated rings. The highest BCUT2D eigenvalue weighted by atomic mass is 16.5. The molecule has 0 aromatic heterocycles. The molecule has 2 aromatic rings. The zero-order valence-electron chi connectivity index (χ0n) is 24.8. The van der Waals surface area contributed by atoms with E-state index in [4.69, 9.17) is 14.2 Å². The van der Waals surface area contributed by atoms with Crippen molar-refractivity contribution in [1.29, 1.82) is 0 Å². The van der Waals surface area contributed by atoms with E-state index in [0.717, 1.165) is 74.7 Å². The molecule has 1 amide bonds. The number of carbonyl (C=O) groups is 2. The molecule has 0 N–H and O–H groups in total. The topological polar surface area (TPSA) is 65.1 Å². The number of amides is 1. The highest BCUT2D eigenvalue weighted by molar-refractivity contribution is 5.84. The normalized spacial score (nSPS) is 21.2. The molecule has 0 spiro atoms. The van der Waals surface area contributed by atoms with Gasteiger partial charge < -0.3 is 19.1 Å². The minimum Gasteiger partial charge on any atom is -0.491 e. The summed E-state index contributed by atoms with van der Waals surface area (Å²) in [5.74, 6) is 1.04. The quantitative estimate of drug-likeness (QED) is 0.207. The Labute approximate surface area is 241 Å². The number of esters is 1. The molecule has 1 saturated heterocycles. The van der Waals surface area contributed by atoms with E-state index in [1.807, 2.05) is 54.6 Å². The largest absolute Gasteiger partial charge is 0.491 e. The Balaban J connectivity index is 1.59. The van der Waals surface area contributed by atoms with Crippen LogP contribution in [0, 0.1) is 5.92 Å². The molecule has 1 heterocycles. The summed E-state index contributed by atoms with van der Waals surface area (Å²) in [6.07, 6.45) is 9.97. The number of hydrogen-bond acceptors (Lipinski definition) is 5. The number of ether oxygens (including phenoxy) is 3. The van der Waals surface area contributed by atoms with Gasteiger partial charge in [-0.2, -0.15) is 0 Å². The van der Waals surface area contributed by atoms with Crippen LogP contribution in [-0.2, 0) is 32.1 Å². The van der Waals surface area contributed by atoms with Crippen molar-refractivity contribution in [2.75, 3.05) is 20.3 Å². The second-order valence-corrected chi connectivity index (χ2v) is 11.2. The molecule has 6 heteroatoms. The number of rotatable bonds is 12. The maximum absolute atomic E-state index is 13.5. The van der Waals surface area contributed by atoms with Gasteiger partial charge in [0.05, 0.1) is 13.2 Å². The van der Waals surface area contributed by atoms with Crippen LogP contribution in [0.5, 0.6) is 5.75 Å². The molecule has 1 aliphatic rings. The lowest BCUT2D eigenvalue weighted by Gasteiger charge is -2.29. The highest BCUT2D eigenvalue weighted by Crippen LogP contribution is 2.23. The van der Waals surface area contributed by atoms with E-state index >= 15 is 0 Å². The highest BCUT2D eigenvalue weighted by Gasteiger charge is 2.30. The van der Waals surface area contributed by atoms with Crippen LogP contribution < -0.4 is 4.74 Å². The zero-order chi connectivity index (χ0) is 28.6. The molecule has 2 aromatic carbocycles. The monoisotopic (exact) mass is 551 g/mol. The van der Waals surface area contributed by atoms with Crippen molar-refractivity contribution < 1.29 is 23.8 Å². The molecule has 3 rings (SSSR count). The summed E-state index contributed by atoms with van der Waals surface area (Å²) < 4.78 is 17.7. The molecule has 1 aliphatic heterocycles. The summed E-state index contributed by atoms with van der Waals surface area (Å²) in [7, 11) is 1.75. The lowest BCUT2D eigenvalue weighted by Crippen LogP contribution is -2.45. The van der Waals surface area contributed by atoms with Crippen molar-refractivity contribution in [2.24, 2.45) is 5.92 Å². The lowest BCUT2D eigenvalue weighted by atomic mass is 9.95. The van der Waals surface area contributed by atoms with E-state index in [1.54, 1.807) is 11.9 Å². The fourth-order valence-electron chi connectivity index (χ4n) is 5.17. The molecule has 0 saturated carbocycles. The molecule has 3 atom stereocenters. The third-order valence-corrected chi connectivity index (χ3v) is 7.82. The van der Waals surface area contributed by atoms with Gasteiger partial charge in [0.1, 0.15) is 24.5 Å². The van der Waals surface area contributed by atoms with Gasteiger partial charge in [0.15, 0.2) is 0 Å². The van der Waals surface area contributed by atoms with Gasteiger partial charge in [-0.3, -0.25) is 4.79 Å². The van der Waals surface area contributed by atoms with Crippen molar-refractivity contribution >= 4 is 11.9 Å². The van der Waals surface area contributed by atoms with E-state index in [1.165, 1.54) is 0 Å². The number of likely N-dealkylation sites (N-methyl/N-ethyl adjacent to an activating group) is 1. The summed E-state index contributed by atoms with van der Waals surface area (Å²) in [6.45, 7) is 5.97. The Morgan fingerprint density at radius 2 is 1.68 bits per heavy atom. The zero-order valence-corrected chi connectivity index (χ0v) is 24.8. The first-order valence-corrected chi connectivity index (χ1v) is 15.3. The summed E-state index contributed by atoms with van der Waals surface area (Å²) in [5.41, 5.74) is 2.10. The van der Waals surface area contributed by atoms with Gasteiger partial charge in [-0.1, -0.05) is 82.0 Å². The number of unbranched alkanes of at least 4 members (excludes halogenated alkanes) is 2. The number of hydrogen-bond donors (Lipinski definition) is 0. The number of cyclic esters (lactones) is 1. The SMILES string of the molecule is CCCCCC1CC[C@H](C)CCCCC(=O)N(C)C(Cc2ccc(OCCOCc3ccccc3)cc2)C(=O)O1. The minimum absolute atomic E-state index is 0.00633. The molecule has 0 aliphatic carbocycles. The number of carbonyl (C=O) groups excluding carboxylic acids is 2. The van der Waals surface area contributed by atoms with Gasteiger partial charge in [-0.25, -0.2) is 4.79 Å². The number of benzene rings is 2. The van der Waals surface area contributed by atoms with Crippen molar-refractivity contribution in [3.05, 3.63) is 65.7 Å². The first-order chi connectivity index (χ1) is 19.5. The second kappa shape index (κ2) is 17.8. The second-order valence-electron chi connectivity index (χ2n) is 11.2. The van der Waals surface area contributed by atoms with Gasteiger partial charge in [-0.05, 0) is 61.3 Å². The predicted octanol–water partition coefficient (Wildman–Crippen LogP) is 7.13. The van der Waals surface area contributed by atoms with Gasteiger partial charge >= 0.3 is 5.97 Å². The van der Waals surface area contributed by atoms with Gasteiger partial charge in [-0.15, -0.1) is 0 Å². The van der Waals surface area contributed by atoms with Gasteiger partial charge in [0.2, 0.25) is 5.91 Å². The van der Waals surface area contributed by atoms with Crippen molar-refractivity contribution in [1.82, 2.24) is 4.90 Å². The van der Waals surface area contributed by atoms with E-state index in [2.05, 4.69) is 13.8 Å². The third kappa shape index (κ3) is 11.3. The van der Waals surface area contributed by atoms with Crippen LogP contribution in [0.15, 0.2) is 54.6 Å². The minimum atomic E-state index is -0.641. The Morgan fingerprint density at radius 3 is 2.42 bits per heavy atom. The molecule has 40 heavy (non-hydrogen) atoms. The van der Waals surface area contributed by atoms with E-state index in [-0.39, 0.29) is 18.0 Å². The first-order valence-electron chi connectivity index (χ1n) is 15.3. The average molecular weight is 552 g/mol. The Hall–Kier alpha value is -2.86. The Bertz CT molecular complexity index is 993. The third-order valence-electron chi connectivity index (χ3n) is 7.82. The average Bonchev–Trinajstić information content (AvgIpc) is 2.97.